The molecule has 13 aromatic rings. The minimum absolute atomic E-state index is 0.197. The van der Waals surface area contributed by atoms with Gasteiger partial charge in [0.1, 0.15) is 0 Å². The van der Waals surface area contributed by atoms with E-state index in [1.165, 1.54) is 127 Å². The maximum atomic E-state index is 2.51. The molecule has 0 unspecified atom stereocenters. The average Bonchev–Trinajstić information content (AvgIpc) is 3.88. The first-order valence-corrected chi connectivity index (χ1v) is 23.1. The summed E-state index contributed by atoms with van der Waals surface area (Å²) in [5.74, 6) is 0. The van der Waals surface area contributed by atoms with Gasteiger partial charge in [0.15, 0.2) is 0 Å². The standard InChI is InChI=1S/C58H34SSe/c1-2-15-35(16-3-1)54-40-18-4-6-20-42(40)55(43-21-7-5-19-41(43)54)36-30-32-52-50(33-36)39-31-29-37(34-53(39)60-52)56-44-22-8-10-24-46(44)57(47-25-11-9-23-45(47)56)49-27-14-26-48-38-17-12-13-28-51(38)59-58(48)49/h1-34H. The van der Waals surface area contributed by atoms with Gasteiger partial charge in [0.05, 0.1) is 0 Å². The average molecular weight is 842 g/mol. The minimum atomic E-state index is 0.197. The molecule has 2 aromatic heterocycles. The second-order valence-electron chi connectivity index (χ2n) is 15.9. The van der Waals surface area contributed by atoms with Crippen molar-refractivity contribution < 1.29 is 0 Å². The van der Waals surface area contributed by atoms with Crippen LogP contribution in [0, 0.1) is 0 Å². The summed E-state index contributed by atoms with van der Waals surface area (Å²) >= 11 is 2.11. The molecule has 0 saturated carbocycles. The Balaban J connectivity index is 1.01. The first-order valence-electron chi connectivity index (χ1n) is 20.6. The molecule has 0 atom stereocenters. The van der Waals surface area contributed by atoms with Crippen LogP contribution in [0.4, 0.5) is 0 Å². The molecule has 0 aliphatic heterocycles. The van der Waals surface area contributed by atoms with E-state index in [9.17, 15) is 0 Å². The Morgan fingerprint density at radius 1 is 0.267 bits per heavy atom. The summed E-state index contributed by atoms with van der Waals surface area (Å²) in [5.41, 5.74) is 10.4. The Hall–Kier alpha value is -6.80. The number of fused-ring (bicyclic) bond motifs is 10. The van der Waals surface area contributed by atoms with Gasteiger partial charge >= 0.3 is 347 Å². The van der Waals surface area contributed by atoms with Gasteiger partial charge < -0.3 is 0 Å². The molecule has 13 rings (SSSR count). The van der Waals surface area contributed by atoms with Crippen molar-refractivity contribution in [3.63, 3.8) is 0 Å². The van der Waals surface area contributed by atoms with Gasteiger partial charge in [0.2, 0.25) is 0 Å². The zero-order chi connectivity index (χ0) is 39.3. The third kappa shape index (κ3) is 5.03. The fourth-order valence-corrected chi connectivity index (χ4v) is 13.7. The third-order valence-electron chi connectivity index (χ3n) is 12.6. The van der Waals surface area contributed by atoms with Crippen molar-refractivity contribution in [3.05, 3.63) is 206 Å². The molecular weight excluding hydrogens is 808 g/mol. The van der Waals surface area contributed by atoms with Crippen molar-refractivity contribution in [2.45, 2.75) is 0 Å². The van der Waals surface area contributed by atoms with Crippen LogP contribution >= 0.6 is 11.3 Å². The van der Waals surface area contributed by atoms with Crippen molar-refractivity contribution in [2.24, 2.45) is 0 Å². The Labute approximate surface area is 357 Å². The summed E-state index contributed by atoms with van der Waals surface area (Å²) in [4.78, 5) is 0. The molecule has 0 spiro atoms. The van der Waals surface area contributed by atoms with E-state index in [1.807, 2.05) is 11.3 Å². The maximum absolute atomic E-state index is 2.51. The molecule has 60 heavy (non-hydrogen) atoms. The first-order chi connectivity index (χ1) is 29.8. The molecule has 2 heteroatoms. The summed E-state index contributed by atoms with van der Waals surface area (Å²) in [6.45, 7) is 0. The van der Waals surface area contributed by atoms with Gasteiger partial charge in [-0.05, 0) is 0 Å². The molecule has 0 bridgehead atoms. The normalized spacial score (nSPS) is 12.0. The van der Waals surface area contributed by atoms with E-state index in [0.29, 0.717) is 0 Å². The molecule has 0 aliphatic rings. The Morgan fingerprint density at radius 3 is 1.33 bits per heavy atom. The number of hydrogen-bond donors (Lipinski definition) is 0. The molecule has 0 fully saturated rings. The molecule has 0 aliphatic carbocycles. The fraction of sp³-hybridized carbons (Fsp3) is 0. The summed E-state index contributed by atoms with van der Waals surface area (Å²) in [6.07, 6.45) is 0. The van der Waals surface area contributed by atoms with Gasteiger partial charge in [0, 0.05) is 0 Å². The van der Waals surface area contributed by atoms with E-state index < -0.39 is 0 Å². The summed E-state index contributed by atoms with van der Waals surface area (Å²) in [6, 6.07) is 77.2. The fourth-order valence-electron chi connectivity index (χ4n) is 10.1. The number of hydrogen-bond acceptors (Lipinski definition) is 1. The first kappa shape index (κ1) is 34.1. The quantitative estimate of drug-likeness (QED) is 0.122. The second-order valence-corrected chi connectivity index (χ2v) is 19.2. The van der Waals surface area contributed by atoms with Crippen LogP contribution in [0.2, 0.25) is 0 Å². The summed E-state index contributed by atoms with van der Waals surface area (Å²) < 4.78 is 5.59. The van der Waals surface area contributed by atoms with E-state index in [2.05, 4.69) is 206 Å². The monoisotopic (exact) mass is 842 g/mol. The van der Waals surface area contributed by atoms with Gasteiger partial charge in [-0.15, -0.1) is 0 Å². The van der Waals surface area contributed by atoms with Crippen LogP contribution in [0.3, 0.4) is 0 Å². The SMILES string of the molecule is c1ccc(-c2c3ccccc3c(-c3ccc4[se]c5cc(-c6c7ccccc7c(-c7cccc8c7sc7ccccc78)c7ccccc67)ccc5c4c3)c3ccccc23)cc1. The molecule has 278 valence electrons. The zero-order valence-electron chi connectivity index (χ0n) is 32.4. The van der Waals surface area contributed by atoms with Crippen molar-refractivity contribution in [1.29, 1.82) is 0 Å². The van der Waals surface area contributed by atoms with Gasteiger partial charge in [0.25, 0.3) is 0 Å². The van der Waals surface area contributed by atoms with E-state index >= 15 is 0 Å². The predicted molar refractivity (Wildman–Crippen MR) is 263 cm³/mol. The van der Waals surface area contributed by atoms with Crippen molar-refractivity contribution in [3.8, 4) is 44.5 Å². The van der Waals surface area contributed by atoms with Crippen molar-refractivity contribution in [2.75, 3.05) is 0 Å². The molecular formula is C58H34SSe. The molecule has 0 saturated heterocycles. The zero-order valence-corrected chi connectivity index (χ0v) is 35.0. The number of thiophene rings is 1. The predicted octanol–water partition coefficient (Wildman–Crippen LogP) is 16.7. The van der Waals surface area contributed by atoms with E-state index in [-0.39, 0.29) is 14.5 Å². The molecule has 11 aromatic carbocycles. The van der Waals surface area contributed by atoms with E-state index in [1.54, 1.807) is 0 Å². The Morgan fingerprint density at radius 2 is 0.733 bits per heavy atom. The van der Waals surface area contributed by atoms with Gasteiger partial charge in [-0.2, -0.15) is 0 Å². The molecule has 2 heterocycles. The number of rotatable bonds is 4. The Kier molecular flexibility index (Phi) is 7.59. The topological polar surface area (TPSA) is 0 Å². The van der Waals surface area contributed by atoms with Crippen LogP contribution < -0.4 is 0 Å². The van der Waals surface area contributed by atoms with Crippen LogP contribution in [0.1, 0.15) is 0 Å². The van der Waals surface area contributed by atoms with Crippen molar-refractivity contribution >= 4 is 108 Å². The number of benzene rings is 11. The molecule has 0 N–H and O–H groups in total. The van der Waals surface area contributed by atoms with E-state index in [4.69, 9.17) is 0 Å². The van der Waals surface area contributed by atoms with Crippen LogP contribution in [0.25, 0.3) is 127 Å². The molecule has 0 radical (unpaired) electrons. The van der Waals surface area contributed by atoms with E-state index in [0.717, 1.165) is 0 Å². The van der Waals surface area contributed by atoms with Crippen LogP contribution in [0.15, 0.2) is 206 Å². The molecule has 0 amide bonds. The molecule has 0 nitrogen and oxygen atoms in total. The van der Waals surface area contributed by atoms with Gasteiger partial charge in [-0.1, -0.05) is 12.1 Å². The van der Waals surface area contributed by atoms with Crippen LogP contribution in [0.5, 0.6) is 0 Å². The van der Waals surface area contributed by atoms with Gasteiger partial charge in [-0.25, -0.2) is 0 Å². The third-order valence-corrected chi connectivity index (χ3v) is 16.2. The van der Waals surface area contributed by atoms with Crippen molar-refractivity contribution in [1.82, 2.24) is 0 Å². The van der Waals surface area contributed by atoms with Gasteiger partial charge in [-0.3, -0.25) is 0 Å². The van der Waals surface area contributed by atoms with Crippen LogP contribution in [-0.4, -0.2) is 14.5 Å². The summed E-state index contributed by atoms with van der Waals surface area (Å²) in [5, 5.41) is 15.8. The summed E-state index contributed by atoms with van der Waals surface area (Å²) in [7, 11) is 0. The van der Waals surface area contributed by atoms with Crippen LogP contribution in [-0.2, 0) is 0 Å². The second kappa shape index (κ2) is 13.4. The Bertz CT molecular complexity index is 3770.